The number of fused-ring (bicyclic) bond motifs is 1. The number of piperidine rings is 1. The van der Waals surface area contributed by atoms with Gasteiger partial charge in [-0.15, -0.1) is 0 Å². The lowest BCUT2D eigenvalue weighted by atomic mass is 10.1. The van der Waals surface area contributed by atoms with Crippen molar-refractivity contribution in [3.63, 3.8) is 0 Å². The summed E-state index contributed by atoms with van der Waals surface area (Å²) in [5.41, 5.74) is 0.866. The average Bonchev–Trinajstić information content (AvgIpc) is 3.24. The Morgan fingerprint density at radius 3 is 2.62 bits per heavy atom. The smallest absolute Gasteiger partial charge is 0.231 e. The predicted molar refractivity (Wildman–Crippen MR) is 94.4 cm³/mol. The highest BCUT2D eigenvalue weighted by Gasteiger charge is 2.20. The van der Waals surface area contributed by atoms with Crippen LogP contribution in [0.3, 0.4) is 0 Å². The van der Waals surface area contributed by atoms with E-state index in [-0.39, 0.29) is 6.79 Å². The van der Waals surface area contributed by atoms with Crippen LogP contribution in [-0.2, 0) is 0 Å². The Balaban J connectivity index is 1.66. The van der Waals surface area contributed by atoms with Crippen LogP contribution in [0.25, 0.3) is 0 Å². The van der Waals surface area contributed by atoms with E-state index < -0.39 is 0 Å². The van der Waals surface area contributed by atoms with E-state index >= 15 is 0 Å². The SMILES string of the molecule is CN1CCC/C1=N/C(=N/c1ccc2c(c1)OCO2)N1CCCCC1. The van der Waals surface area contributed by atoms with Gasteiger partial charge in [0.25, 0.3) is 0 Å². The molecule has 0 aliphatic carbocycles. The third-order valence-electron chi connectivity index (χ3n) is 4.79. The summed E-state index contributed by atoms with van der Waals surface area (Å²) in [6.07, 6.45) is 5.92. The minimum absolute atomic E-state index is 0.286. The molecule has 3 aliphatic heterocycles. The first-order valence-corrected chi connectivity index (χ1v) is 8.81. The molecule has 4 rings (SSSR count). The normalized spacial score (nSPS) is 22.5. The monoisotopic (exact) mass is 328 g/mol. The van der Waals surface area contributed by atoms with Crippen molar-refractivity contribution in [2.45, 2.75) is 32.1 Å². The summed E-state index contributed by atoms with van der Waals surface area (Å²) in [7, 11) is 2.11. The fourth-order valence-electron chi connectivity index (χ4n) is 3.38. The molecule has 6 heteroatoms. The van der Waals surface area contributed by atoms with Gasteiger partial charge in [-0.2, -0.15) is 4.99 Å². The first-order chi connectivity index (χ1) is 11.8. The first-order valence-electron chi connectivity index (χ1n) is 8.81. The standard InChI is InChI=1S/C18H24N4O2/c1-21-9-5-6-17(21)20-18(22-10-3-2-4-11-22)19-14-7-8-15-16(12-14)24-13-23-15/h7-8,12H,2-6,9-11,13H2,1H3/b19-18-,20-17-. The molecule has 128 valence electrons. The van der Waals surface area contributed by atoms with Gasteiger partial charge in [-0.05, 0) is 37.8 Å². The van der Waals surface area contributed by atoms with E-state index in [1.807, 2.05) is 18.2 Å². The second kappa shape index (κ2) is 6.71. The topological polar surface area (TPSA) is 49.7 Å². The maximum Gasteiger partial charge on any atom is 0.231 e. The number of aliphatic imine (C=N–C) groups is 2. The quantitative estimate of drug-likeness (QED) is 0.587. The summed E-state index contributed by atoms with van der Waals surface area (Å²) in [5, 5.41) is 0. The van der Waals surface area contributed by atoms with Gasteiger partial charge < -0.3 is 19.3 Å². The zero-order chi connectivity index (χ0) is 16.4. The molecule has 1 aromatic carbocycles. The van der Waals surface area contributed by atoms with Crippen LogP contribution in [0.15, 0.2) is 28.2 Å². The molecule has 0 unspecified atom stereocenters. The van der Waals surface area contributed by atoms with Crippen LogP contribution in [0.2, 0.25) is 0 Å². The Labute approximate surface area is 142 Å². The zero-order valence-corrected chi connectivity index (χ0v) is 14.2. The third kappa shape index (κ3) is 3.18. The molecule has 0 atom stereocenters. The summed E-state index contributed by atoms with van der Waals surface area (Å²) >= 11 is 0. The predicted octanol–water partition coefficient (Wildman–Crippen LogP) is 3.01. The first kappa shape index (κ1) is 15.3. The van der Waals surface area contributed by atoms with E-state index in [4.69, 9.17) is 19.5 Å². The van der Waals surface area contributed by atoms with E-state index in [1.54, 1.807) is 0 Å². The van der Waals surface area contributed by atoms with Crippen LogP contribution in [0, 0.1) is 0 Å². The van der Waals surface area contributed by atoms with Crippen LogP contribution in [0.4, 0.5) is 5.69 Å². The Morgan fingerprint density at radius 1 is 1.00 bits per heavy atom. The molecule has 3 aliphatic rings. The number of amidine groups is 1. The summed E-state index contributed by atoms with van der Waals surface area (Å²) < 4.78 is 10.8. The molecule has 3 heterocycles. The maximum absolute atomic E-state index is 5.47. The number of ether oxygens (including phenoxy) is 2. The molecular formula is C18H24N4O2. The van der Waals surface area contributed by atoms with Crippen molar-refractivity contribution >= 4 is 17.5 Å². The molecular weight excluding hydrogens is 304 g/mol. The second-order valence-electron chi connectivity index (χ2n) is 6.55. The van der Waals surface area contributed by atoms with Gasteiger partial charge in [0.15, 0.2) is 11.5 Å². The molecule has 0 N–H and O–H groups in total. The number of rotatable bonds is 1. The number of benzene rings is 1. The number of likely N-dealkylation sites (tertiary alicyclic amines) is 2. The largest absolute Gasteiger partial charge is 0.454 e. The van der Waals surface area contributed by atoms with Crippen molar-refractivity contribution in [1.82, 2.24) is 9.80 Å². The number of hydrogen-bond donors (Lipinski definition) is 0. The van der Waals surface area contributed by atoms with Crippen LogP contribution in [-0.4, -0.2) is 55.1 Å². The highest BCUT2D eigenvalue weighted by Crippen LogP contribution is 2.35. The minimum Gasteiger partial charge on any atom is -0.454 e. The Morgan fingerprint density at radius 2 is 1.83 bits per heavy atom. The third-order valence-corrected chi connectivity index (χ3v) is 4.79. The molecule has 1 aromatic rings. The maximum atomic E-state index is 5.47. The van der Waals surface area contributed by atoms with Crippen molar-refractivity contribution < 1.29 is 9.47 Å². The number of hydrogen-bond acceptors (Lipinski definition) is 3. The second-order valence-corrected chi connectivity index (χ2v) is 6.55. The van der Waals surface area contributed by atoms with Crippen molar-refractivity contribution in [1.29, 1.82) is 0 Å². The molecule has 0 bridgehead atoms. The fourth-order valence-corrected chi connectivity index (χ4v) is 3.38. The molecule has 2 saturated heterocycles. The molecule has 0 saturated carbocycles. The fraction of sp³-hybridized carbons (Fsp3) is 0.556. The zero-order valence-electron chi connectivity index (χ0n) is 14.2. The van der Waals surface area contributed by atoms with Crippen molar-refractivity contribution in [2.75, 3.05) is 33.5 Å². The summed E-state index contributed by atoms with van der Waals surface area (Å²) in [6.45, 7) is 3.43. The van der Waals surface area contributed by atoms with Crippen LogP contribution in [0.1, 0.15) is 32.1 Å². The summed E-state index contributed by atoms with van der Waals surface area (Å²) in [6, 6.07) is 5.82. The summed E-state index contributed by atoms with van der Waals surface area (Å²) in [5.74, 6) is 3.52. The molecule has 0 spiro atoms. The molecule has 2 fully saturated rings. The lowest BCUT2D eigenvalue weighted by Crippen LogP contribution is -2.36. The molecule has 0 amide bonds. The number of guanidine groups is 1. The van der Waals surface area contributed by atoms with Crippen molar-refractivity contribution in [2.24, 2.45) is 9.98 Å². The van der Waals surface area contributed by atoms with Gasteiger partial charge in [0, 0.05) is 39.2 Å². The van der Waals surface area contributed by atoms with E-state index in [0.717, 1.165) is 55.0 Å². The van der Waals surface area contributed by atoms with Gasteiger partial charge >= 0.3 is 0 Å². The van der Waals surface area contributed by atoms with Gasteiger partial charge in [0.1, 0.15) is 5.84 Å². The van der Waals surface area contributed by atoms with Gasteiger partial charge in [-0.3, -0.25) is 0 Å². The van der Waals surface area contributed by atoms with Gasteiger partial charge in [0.2, 0.25) is 12.8 Å². The molecule has 0 aromatic heterocycles. The van der Waals surface area contributed by atoms with E-state index in [0.29, 0.717) is 0 Å². The minimum atomic E-state index is 0.286. The average molecular weight is 328 g/mol. The van der Waals surface area contributed by atoms with E-state index in [9.17, 15) is 0 Å². The number of nitrogens with zero attached hydrogens (tertiary/aromatic N) is 4. The van der Waals surface area contributed by atoms with Gasteiger partial charge in [-0.1, -0.05) is 0 Å². The summed E-state index contributed by atoms with van der Waals surface area (Å²) in [4.78, 5) is 14.3. The Hall–Kier alpha value is -2.24. The van der Waals surface area contributed by atoms with Gasteiger partial charge in [-0.25, -0.2) is 4.99 Å². The lowest BCUT2D eigenvalue weighted by Gasteiger charge is -2.28. The van der Waals surface area contributed by atoms with Crippen molar-refractivity contribution in [3.05, 3.63) is 18.2 Å². The van der Waals surface area contributed by atoms with Crippen LogP contribution < -0.4 is 9.47 Å². The van der Waals surface area contributed by atoms with Crippen molar-refractivity contribution in [3.8, 4) is 11.5 Å². The Bertz CT molecular complexity index is 665. The molecule has 24 heavy (non-hydrogen) atoms. The van der Waals surface area contributed by atoms with E-state index in [1.165, 1.54) is 25.7 Å². The lowest BCUT2D eigenvalue weighted by molar-refractivity contribution is 0.174. The Kier molecular flexibility index (Phi) is 4.28. The highest BCUT2D eigenvalue weighted by atomic mass is 16.7. The molecule has 6 nitrogen and oxygen atoms in total. The molecule has 0 radical (unpaired) electrons. The van der Waals surface area contributed by atoms with E-state index in [2.05, 4.69) is 16.8 Å². The van der Waals surface area contributed by atoms with Crippen LogP contribution in [0.5, 0.6) is 11.5 Å². The van der Waals surface area contributed by atoms with Gasteiger partial charge in [0.05, 0.1) is 5.69 Å². The van der Waals surface area contributed by atoms with Crippen LogP contribution >= 0.6 is 0 Å². The highest BCUT2D eigenvalue weighted by molar-refractivity contribution is 5.97.